The van der Waals surface area contributed by atoms with Gasteiger partial charge in [-0.1, -0.05) is 0 Å². The van der Waals surface area contributed by atoms with Gasteiger partial charge < -0.3 is 76.9 Å². The summed E-state index contributed by atoms with van der Waals surface area (Å²) in [6, 6.07) is -7.65. The van der Waals surface area contributed by atoms with Crippen molar-refractivity contribution in [3.05, 3.63) is 0 Å². The fourth-order valence-corrected chi connectivity index (χ4v) is 5.44. The quantitative estimate of drug-likeness (QED) is 0.0170. The SMILES string of the molecule is NCCCC[C@H](NC(=O)[C@H](CCCCN)NC(=O)[C@H](CCCCN)NC(=O)[C@H](CCCCN)NC(=O)[C@H](CC(=O)O)NC(=O)[C@@H](N)CCCN=C(N)N)C(=O)O. The molecule has 0 rings (SSSR count). The number of carbonyl (C=O) groups excluding carboxylic acids is 5. The van der Waals surface area contributed by atoms with Gasteiger partial charge in [-0.3, -0.25) is 33.8 Å². The first-order chi connectivity index (χ1) is 26.6. The molecular weight excluding hydrogens is 734 g/mol. The number of amides is 5. The van der Waals surface area contributed by atoms with Crippen molar-refractivity contribution in [3.63, 3.8) is 0 Å². The maximum atomic E-state index is 13.8. The van der Waals surface area contributed by atoms with E-state index in [-0.39, 0.29) is 51.2 Å². The molecule has 22 heteroatoms. The van der Waals surface area contributed by atoms with E-state index in [1.54, 1.807) is 0 Å². The molecule has 0 aliphatic carbocycles. The van der Waals surface area contributed by atoms with Crippen molar-refractivity contribution in [3.8, 4) is 0 Å². The molecule has 5 amide bonds. The Balaban J connectivity index is 6.20. The molecule has 22 nitrogen and oxygen atoms in total. The van der Waals surface area contributed by atoms with E-state index in [0.29, 0.717) is 77.4 Å². The van der Waals surface area contributed by atoms with Crippen LogP contribution in [0.3, 0.4) is 0 Å². The zero-order valence-corrected chi connectivity index (χ0v) is 32.3. The minimum absolute atomic E-state index is 0.0365. The Morgan fingerprint density at radius 2 is 0.804 bits per heavy atom. The molecule has 0 unspecified atom stereocenters. The van der Waals surface area contributed by atoms with Crippen molar-refractivity contribution in [2.45, 2.75) is 133 Å². The molecule has 0 aromatic rings. The van der Waals surface area contributed by atoms with Gasteiger partial charge in [0.1, 0.15) is 30.2 Å². The molecule has 0 aromatic heterocycles. The zero-order valence-electron chi connectivity index (χ0n) is 32.3. The van der Waals surface area contributed by atoms with Gasteiger partial charge in [-0.05, 0) is 116 Å². The summed E-state index contributed by atoms with van der Waals surface area (Å²) in [6.45, 7) is 1.43. The van der Waals surface area contributed by atoms with Crippen LogP contribution in [-0.4, -0.2) is 127 Å². The highest BCUT2D eigenvalue weighted by atomic mass is 16.4. The van der Waals surface area contributed by atoms with Crippen LogP contribution in [0.5, 0.6) is 0 Å². The molecule has 0 radical (unpaired) electrons. The zero-order chi connectivity index (χ0) is 42.5. The molecule has 0 aliphatic heterocycles. The van der Waals surface area contributed by atoms with Gasteiger partial charge in [0.25, 0.3) is 0 Å². The monoisotopic (exact) mass is 802 g/mol. The standard InChI is InChI=1S/C34H67N13O9/c35-15-5-1-11-22(29(51)44-24(13-3-7-17-37)31(53)46-25(33(55)56)14-4-8-18-38)43-30(52)23(12-2-6-16-36)45-32(54)26(20-27(48)49)47-28(50)21(39)10-9-19-42-34(40)41/h21-26H,1-20,35-39H2,(H,43,52)(H,44,51)(H,45,54)(H,46,53)(H,47,50)(H,48,49)(H,55,56)(H4,40,41,42)/t21-,22-,23-,24-,25-,26-/m0/s1. The first-order valence-electron chi connectivity index (χ1n) is 19.2. The molecule has 56 heavy (non-hydrogen) atoms. The molecular formula is C34H67N13O9. The van der Waals surface area contributed by atoms with E-state index in [1.807, 2.05) is 0 Å². The Bertz CT molecular complexity index is 1250. The van der Waals surface area contributed by atoms with Crippen LogP contribution in [0.4, 0.5) is 0 Å². The maximum absolute atomic E-state index is 13.8. The molecule has 0 spiro atoms. The lowest BCUT2D eigenvalue weighted by molar-refractivity contribution is -0.143. The third-order valence-electron chi connectivity index (χ3n) is 8.62. The third-order valence-corrected chi connectivity index (χ3v) is 8.62. The van der Waals surface area contributed by atoms with Crippen LogP contribution >= 0.6 is 0 Å². The Kier molecular flexibility index (Phi) is 28.0. The third kappa shape index (κ3) is 23.3. The van der Waals surface area contributed by atoms with Crippen LogP contribution < -0.4 is 66.7 Å². The number of nitrogens with zero attached hydrogens (tertiary/aromatic N) is 1. The van der Waals surface area contributed by atoms with Crippen molar-refractivity contribution in [2.24, 2.45) is 45.1 Å². The fraction of sp³-hybridized carbons (Fsp3) is 0.765. The first-order valence-corrected chi connectivity index (χ1v) is 19.2. The predicted octanol–water partition coefficient (Wildman–Crippen LogP) is -4.13. The lowest BCUT2D eigenvalue weighted by atomic mass is 10.0. The van der Waals surface area contributed by atoms with E-state index in [2.05, 4.69) is 31.6 Å². The van der Waals surface area contributed by atoms with Crippen molar-refractivity contribution < 1.29 is 43.8 Å². The number of carbonyl (C=O) groups is 7. The smallest absolute Gasteiger partial charge is 0.326 e. The van der Waals surface area contributed by atoms with E-state index in [0.717, 1.165) is 0 Å². The molecule has 0 bridgehead atoms. The summed E-state index contributed by atoms with van der Waals surface area (Å²) in [5.74, 6) is -6.86. The number of nitrogens with two attached hydrogens (primary N) is 7. The largest absolute Gasteiger partial charge is 0.481 e. The number of carboxylic acids is 2. The Labute approximate surface area is 328 Å². The van der Waals surface area contributed by atoms with E-state index in [1.165, 1.54) is 0 Å². The second-order valence-electron chi connectivity index (χ2n) is 13.4. The summed E-state index contributed by atoms with van der Waals surface area (Å²) < 4.78 is 0. The predicted molar refractivity (Wildman–Crippen MR) is 209 cm³/mol. The van der Waals surface area contributed by atoms with Gasteiger partial charge in [-0.2, -0.15) is 0 Å². The number of rotatable bonds is 33. The fourth-order valence-electron chi connectivity index (χ4n) is 5.44. The van der Waals surface area contributed by atoms with E-state index < -0.39 is 84.1 Å². The van der Waals surface area contributed by atoms with Gasteiger partial charge in [0.15, 0.2) is 5.96 Å². The van der Waals surface area contributed by atoms with Crippen molar-refractivity contribution in [1.82, 2.24) is 26.6 Å². The minimum atomic E-state index is -1.62. The van der Waals surface area contributed by atoms with Crippen LogP contribution in [0.25, 0.3) is 0 Å². The number of guanidine groups is 1. The Hall–Kier alpha value is -4.64. The van der Waals surface area contributed by atoms with Gasteiger partial charge in [0.05, 0.1) is 12.5 Å². The molecule has 0 fully saturated rings. The lowest BCUT2D eigenvalue weighted by Crippen LogP contribution is -2.59. The summed E-state index contributed by atoms with van der Waals surface area (Å²) in [6.07, 6.45) is 3.65. The van der Waals surface area contributed by atoms with Crippen molar-refractivity contribution in [2.75, 3.05) is 32.7 Å². The molecule has 0 saturated carbocycles. The summed E-state index contributed by atoms with van der Waals surface area (Å²) >= 11 is 0. The average molecular weight is 802 g/mol. The van der Waals surface area contributed by atoms with Crippen LogP contribution in [-0.2, 0) is 33.6 Å². The van der Waals surface area contributed by atoms with Gasteiger partial charge in [-0.25, -0.2) is 4.79 Å². The van der Waals surface area contributed by atoms with Crippen LogP contribution in [0.15, 0.2) is 4.99 Å². The number of carboxylic acid groups (broad SMARTS) is 2. The number of hydrogen-bond donors (Lipinski definition) is 14. The summed E-state index contributed by atoms with van der Waals surface area (Å²) in [4.78, 5) is 94.5. The van der Waals surface area contributed by atoms with Crippen LogP contribution in [0.1, 0.15) is 96.3 Å². The van der Waals surface area contributed by atoms with Gasteiger partial charge in [0, 0.05) is 6.54 Å². The number of aliphatic carboxylic acids is 2. The number of unbranched alkanes of at least 4 members (excludes halogenated alkanes) is 4. The van der Waals surface area contributed by atoms with Crippen LogP contribution in [0, 0.1) is 0 Å². The second-order valence-corrected chi connectivity index (χ2v) is 13.4. The highest BCUT2D eigenvalue weighted by molar-refractivity contribution is 5.97. The second kappa shape index (κ2) is 30.6. The number of nitrogens with one attached hydrogen (secondary N) is 5. The topological polar surface area (TPSA) is 415 Å². The summed E-state index contributed by atoms with van der Waals surface area (Å²) in [5.41, 5.74) is 39.0. The maximum Gasteiger partial charge on any atom is 0.326 e. The lowest BCUT2D eigenvalue weighted by Gasteiger charge is -2.27. The number of aliphatic imine (C=N–C) groups is 1. The van der Waals surface area contributed by atoms with Crippen molar-refractivity contribution in [1.29, 1.82) is 0 Å². The molecule has 322 valence electrons. The average Bonchev–Trinajstić information content (AvgIpc) is 3.14. The van der Waals surface area contributed by atoms with E-state index in [4.69, 9.17) is 40.1 Å². The van der Waals surface area contributed by atoms with Crippen LogP contribution in [0.2, 0.25) is 0 Å². The molecule has 21 N–H and O–H groups in total. The molecule has 0 aliphatic rings. The highest BCUT2D eigenvalue weighted by Crippen LogP contribution is 2.10. The number of hydrogen-bond acceptors (Lipinski definition) is 13. The molecule has 6 atom stereocenters. The van der Waals surface area contributed by atoms with E-state index >= 15 is 0 Å². The normalized spacial score (nSPS) is 14.2. The van der Waals surface area contributed by atoms with Gasteiger partial charge >= 0.3 is 11.9 Å². The molecule has 0 aromatic carbocycles. The summed E-state index contributed by atoms with van der Waals surface area (Å²) in [5, 5.41) is 31.8. The minimum Gasteiger partial charge on any atom is -0.481 e. The molecule has 0 heterocycles. The van der Waals surface area contributed by atoms with Gasteiger partial charge in [-0.15, -0.1) is 0 Å². The summed E-state index contributed by atoms with van der Waals surface area (Å²) in [7, 11) is 0. The first kappa shape index (κ1) is 51.4. The van der Waals surface area contributed by atoms with Crippen molar-refractivity contribution >= 4 is 47.4 Å². The molecule has 0 saturated heterocycles. The Morgan fingerprint density at radius 1 is 0.464 bits per heavy atom. The highest BCUT2D eigenvalue weighted by Gasteiger charge is 2.33. The van der Waals surface area contributed by atoms with Gasteiger partial charge in [0.2, 0.25) is 29.5 Å². The Morgan fingerprint density at radius 3 is 1.14 bits per heavy atom. The van der Waals surface area contributed by atoms with E-state index in [9.17, 15) is 43.8 Å².